The topological polar surface area (TPSA) is 33.7 Å². The Labute approximate surface area is 127 Å². The Morgan fingerprint density at radius 1 is 1.37 bits per heavy atom. The van der Waals surface area contributed by atoms with Crippen molar-refractivity contribution in [1.29, 1.82) is 0 Å². The largest absolute Gasteiger partial charge is 0.495 e. The van der Waals surface area contributed by atoms with Gasteiger partial charge in [-0.25, -0.2) is 0 Å². The third kappa shape index (κ3) is 3.38. The third-order valence-electron chi connectivity index (χ3n) is 2.76. The molecular formula is C12H15ClN2O2S2. The average molecular weight is 319 g/mol. The van der Waals surface area contributed by atoms with Crippen molar-refractivity contribution >= 4 is 46.4 Å². The van der Waals surface area contributed by atoms with Crippen molar-refractivity contribution in [2.75, 3.05) is 37.7 Å². The van der Waals surface area contributed by atoms with Gasteiger partial charge in [-0.3, -0.25) is 0 Å². The van der Waals surface area contributed by atoms with Crippen LogP contribution < -0.4 is 14.8 Å². The van der Waals surface area contributed by atoms with Gasteiger partial charge >= 0.3 is 0 Å². The molecule has 0 bridgehead atoms. The Hall–Kier alpha value is -0.850. The molecular weight excluding hydrogens is 304 g/mol. The fourth-order valence-corrected chi connectivity index (χ4v) is 3.26. The second-order valence-electron chi connectivity index (χ2n) is 3.92. The van der Waals surface area contributed by atoms with Crippen molar-refractivity contribution < 1.29 is 9.47 Å². The van der Waals surface area contributed by atoms with Gasteiger partial charge in [-0.05, 0) is 12.2 Å². The zero-order valence-corrected chi connectivity index (χ0v) is 13.1. The summed E-state index contributed by atoms with van der Waals surface area (Å²) in [5, 5.41) is 4.38. The summed E-state index contributed by atoms with van der Waals surface area (Å²) in [6.45, 7) is 0.962. The summed E-state index contributed by atoms with van der Waals surface area (Å²) in [6, 6.07) is 3.50. The number of nitrogens with one attached hydrogen (secondary N) is 1. The Bertz CT molecular complexity index is 479. The molecule has 2 rings (SSSR count). The highest BCUT2D eigenvalue weighted by Gasteiger charge is 2.17. The molecule has 19 heavy (non-hydrogen) atoms. The monoisotopic (exact) mass is 318 g/mol. The van der Waals surface area contributed by atoms with Crippen LogP contribution in [0.25, 0.3) is 0 Å². The lowest BCUT2D eigenvalue weighted by Gasteiger charge is -2.20. The first-order valence-corrected chi connectivity index (χ1v) is 7.65. The number of thioether (sulfide) groups is 1. The molecule has 1 aliphatic heterocycles. The Kier molecular flexibility index (Phi) is 5.01. The van der Waals surface area contributed by atoms with E-state index in [4.69, 9.17) is 33.3 Å². The normalized spacial score (nSPS) is 14.4. The van der Waals surface area contributed by atoms with Crippen molar-refractivity contribution in [2.24, 2.45) is 0 Å². The molecule has 1 fully saturated rings. The summed E-state index contributed by atoms with van der Waals surface area (Å²) >= 11 is 13.3. The van der Waals surface area contributed by atoms with Gasteiger partial charge in [0.15, 0.2) is 5.11 Å². The molecule has 0 amide bonds. The van der Waals surface area contributed by atoms with E-state index in [2.05, 4.69) is 10.2 Å². The molecule has 7 heteroatoms. The van der Waals surface area contributed by atoms with E-state index in [-0.39, 0.29) is 0 Å². The van der Waals surface area contributed by atoms with E-state index < -0.39 is 0 Å². The van der Waals surface area contributed by atoms with E-state index in [1.807, 2.05) is 11.8 Å². The first kappa shape index (κ1) is 14.6. The van der Waals surface area contributed by atoms with Crippen molar-refractivity contribution in [1.82, 2.24) is 4.90 Å². The van der Waals surface area contributed by atoms with Crippen LogP contribution in [0, 0.1) is 0 Å². The fourth-order valence-electron chi connectivity index (χ4n) is 1.73. The highest BCUT2D eigenvalue weighted by atomic mass is 35.5. The number of benzene rings is 1. The molecule has 0 aromatic heterocycles. The maximum absolute atomic E-state index is 6.06. The lowest BCUT2D eigenvalue weighted by atomic mass is 10.2. The smallest absolute Gasteiger partial charge is 0.174 e. The van der Waals surface area contributed by atoms with Crippen molar-refractivity contribution in [3.63, 3.8) is 0 Å². The fraction of sp³-hybridized carbons (Fsp3) is 0.417. The molecule has 1 aromatic rings. The van der Waals surface area contributed by atoms with Crippen LogP contribution in [0.2, 0.25) is 5.02 Å². The Morgan fingerprint density at radius 3 is 2.68 bits per heavy atom. The minimum Gasteiger partial charge on any atom is -0.495 e. The summed E-state index contributed by atoms with van der Waals surface area (Å²) in [7, 11) is 3.17. The molecule has 1 saturated heterocycles. The molecule has 1 aliphatic rings. The molecule has 0 unspecified atom stereocenters. The van der Waals surface area contributed by atoms with Crippen molar-refractivity contribution in [2.45, 2.75) is 0 Å². The first-order valence-electron chi connectivity index (χ1n) is 5.71. The summed E-state index contributed by atoms with van der Waals surface area (Å²) in [5.74, 6) is 3.24. The molecule has 0 spiro atoms. The number of halogens is 1. The summed E-state index contributed by atoms with van der Waals surface area (Å²) < 4.78 is 10.5. The Balaban J connectivity index is 2.20. The van der Waals surface area contributed by atoms with E-state index in [1.54, 1.807) is 26.4 Å². The second-order valence-corrected chi connectivity index (χ2v) is 5.79. The van der Waals surface area contributed by atoms with E-state index >= 15 is 0 Å². The predicted octanol–water partition coefficient (Wildman–Crippen LogP) is 3.06. The number of ether oxygens (including phenoxy) is 2. The van der Waals surface area contributed by atoms with Gasteiger partial charge in [0, 0.05) is 24.4 Å². The quantitative estimate of drug-likeness (QED) is 0.863. The van der Waals surface area contributed by atoms with E-state index in [0.29, 0.717) is 21.6 Å². The number of methoxy groups -OCH3 is 2. The standard InChI is InChI=1S/C12H15ClN2O2S2/c1-16-10-6-9(11(17-2)5-8(10)13)14-12(18)15-3-4-19-7-15/h5-6H,3-4,7H2,1-2H3,(H,14,18). The summed E-state index contributed by atoms with van der Waals surface area (Å²) in [5.41, 5.74) is 0.755. The highest BCUT2D eigenvalue weighted by molar-refractivity contribution is 7.99. The SMILES string of the molecule is COc1cc(NC(=S)N2CCSC2)c(OC)cc1Cl. The van der Waals surface area contributed by atoms with Crippen LogP contribution >= 0.6 is 35.6 Å². The van der Waals surface area contributed by atoms with Crippen LogP contribution in [-0.2, 0) is 0 Å². The molecule has 1 N–H and O–H groups in total. The van der Waals surface area contributed by atoms with Gasteiger partial charge < -0.3 is 19.7 Å². The zero-order valence-electron chi connectivity index (χ0n) is 10.7. The van der Waals surface area contributed by atoms with Crippen LogP contribution in [0.1, 0.15) is 0 Å². The second kappa shape index (κ2) is 6.54. The highest BCUT2D eigenvalue weighted by Crippen LogP contribution is 2.36. The maximum Gasteiger partial charge on any atom is 0.174 e. The van der Waals surface area contributed by atoms with Gasteiger partial charge in [0.2, 0.25) is 0 Å². The van der Waals surface area contributed by atoms with Crippen LogP contribution in [0.4, 0.5) is 5.69 Å². The number of hydrogen-bond donors (Lipinski definition) is 1. The number of rotatable bonds is 3. The third-order valence-corrected chi connectivity index (χ3v) is 4.38. The maximum atomic E-state index is 6.06. The molecule has 0 aliphatic carbocycles. The summed E-state index contributed by atoms with van der Waals surface area (Å²) in [4.78, 5) is 2.11. The van der Waals surface area contributed by atoms with Gasteiger partial charge in [0.05, 0.1) is 30.8 Å². The average Bonchev–Trinajstić information content (AvgIpc) is 2.94. The number of anilines is 1. The molecule has 0 atom stereocenters. The summed E-state index contributed by atoms with van der Waals surface area (Å²) in [6.07, 6.45) is 0. The molecule has 104 valence electrons. The number of hydrogen-bond acceptors (Lipinski definition) is 4. The molecule has 1 heterocycles. The van der Waals surface area contributed by atoms with Crippen LogP contribution in [0.15, 0.2) is 12.1 Å². The number of nitrogens with zero attached hydrogens (tertiary/aromatic N) is 1. The molecule has 1 aromatic carbocycles. The van der Waals surface area contributed by atoms with Crippen LogP contribution in [0.3, 0.4) is 0 Å². The first-order chi connectivity index (χ1) is 9.15. The van der Waals surface area contributed by atoms with E-state index in [0.717, 1.165) is 23.9 Å². The predicted molar refractivity (Wildman–Crippen MR) is 84.8 cm³/mol. The van der Waals surface area contributed by atoms with Crippen molar-refractivity contribution in [3.8, 4) is 11.5 Å². The lowest BCUT2D eigenvalue weighted by Crippen LogP contribution is -2.32. The minimum absolute atomic E-state index is 0.507. The number of thiocarbonyl (C=S) groups is 1. The molecule has 0 radical (unpaired) electrons. The van der Waals surface area contributed by atoms with Gasteiger partial charge in [0.25, 0.3) is 0 Å². The molecule has 4 nitrogen and oxygen atoms in total. The van der Waals surface area contributed by atoms with Gasteiger partial charge in [-0.15, -0.1) is 11.8 Å². The molecule has 0 saturated carbocycles. The van der Waals surface area contributed by atoms with E-state index in [9.17, 15) is 0 Å². The van der Waals surface area contributed by atoms with Gasteiger partial charge in [-0.1, -0.05) is 11.6 Å². The van der Waals surface area contributed by atoms with Crippen LogP contribution in [0.5, 0.6) is 11.5 Å². The lowest BCUT2D eigenvalue weighted by molar-refractivity contribution is 0.405. The zero-order chi connectivity index (χ0) is 13.8. The van der Waals surface area contributed by atoms with Crippen molar-refractivity contribution in [3.05, 3.63) is 17.2 Å². The Morgan fingerprint density at radius 2 is 2.11 bits per heavy atom. The van der Waals surface area contributed by atoms with Gasteiger partial charge in [-0.2, -0.15) is 0 Å². The van der Waals surface area contributed by atoms with Crippen LogP contribution in [-0.4, -0.2) is 42.4 Å². The minimum atomic E-state index is 0.507. The van der Waals surface area contributed by atoms with Gasteiger partial charge in [0.1, 0.15) is 11.5 Å². The van der Waals surface area contributed by atoms with E-state index in [1.165, 1.54) is 0 Å².